The minimum Gasteiger partial charge on any atom is -0.466 e. The van der Waals surface area contributed by atoms with Crippen LogP contribution in [0.4, 0.5) is 11.4 Å². The van der Waals surface area contributed by atoms with Gasteiger partial charge in [-0.15, -0.1) is 0 Å². The fourth-order valence-electron chi connectivity index (χ4n) is 5.82. The molecule has 3 N–H and O–H groups in total. The normalized spacial score (nSPS) is 22.6. The number of esters is 1. The Morgan fingerprint density at radius 2 is 1.75 bits per heavy atom. The van der Waals surface area contributed by atoms with Gasteiger partial charge in [-0.1, -0.05) is 49.2 Å². The Bertz CT molecular complexity index is 1440. The highest BCUT2D eigenvalue weighted by Gasteiger charge is 2.63. The number of allylic oxidation sites excluding steroid dienone is 1. The molecule has 0 saturated heterocycles. The van der Waals surface area contributed by atoms with Crippen LogP contribution in [-0.4, -0.2) is 24.8 Å². The second kappa shape index (κ2) is 7.96. The Hall–Kier alpha value is -3.58. The van der Waals surface area contributed by atoms with Crippen molar-refractivity contribution in [1.82, 2.24) is 0 Å². The van der Waals surface area contributed by atoms with Crippen LogP contribution in [0.5, 0.6) is 0 Å². The van der Waals surface area contributed by atoms with Crippen molar-refractivity contribution in [1.29, 1.82) is 0 Å². The van der Waals surface area contributed by atoms with Gasteiger partial charge < -0.3 is 15.8 Å². The summed E-state index contributed by atoms with van der Waals surface area (Å²) in [5.41, 5.74) is 8.81. The second-order valence-electron chi connectivity index (χ2n) is 10.6. The molecule has 0 saturated carbocycles. The number of nitrogens with two attached hydrogens (primary N) is 1. The number of halogens is 1. The van der Waals surface area contributed by atoms with Gasteiger partial charge in [-0.3, -0.25) is 14.5 Å². The lowest BCUT2D eigenvalue weighted by molar-refractivity contribution is -0.138. The van der Waals surface area contributed by atoms with Gasteiger partial charge in [-0.2, -0.15) is 0 Å². The van der Waals surface area contributed by atoms with Crippen LogP contribution in [0.1, 0.15) is 43.4 Å². The summed E-state index contributed by atoms with van der Waals surface area (Å²) in [7, 11) is 1.24. The number of methoxy groups -OCH3 is 1. The minimum atomic E-state index is -1.73. The summed E-state index contributed by atoms with van der Waals surface area (Å²) in [4.78, 5) is 43.1. The monoisotopic (exact) mass is 505 g/mol. The maximum absolute atomic E-state index is 14.0. The Morgan fingerprint density at radius 1 is 1.08 bits per heavy atom. The van der Waals surface area contributed by atoms with Gasteiger partial charge in [0.05, 0.1) is 17.8 Å². The maximum Gasteiger partial charge on any atom is 0.339 e. The molecule has 7 nitrogen and oxygen atoms in total. The maximum atomic E-state index is 14.0. The van der Waals surface area contributed by atoms with E-state index in [1.165, 1.54) is 7.11 Å². The lowest BCUT2D eigenvalue weighted by Gasteiger charge is -2.47. The van der Waals surface area contributed by atoms with Gasteiger partial charge >= 0.3 is 5.97 Å². The summed E-state index contributed by atoms with van der Waals surface area (Å²) in [6.07, 6.45) is 0.662. The third kappa shape index (κ3) is 3.22. The zero-order valence-electron chi connectivity index (χ0n) is 20.9. The number of rotatable bonds is 2. The van der Waals surface area contributed by atoms with E-state index in [9.17, 15) is 14.4 Å². The van der Waals surface area contributed by atoms with Crippen LogP contribution in [0.2, 0.25) is 5.02 Å². The van der Waals surface area contributed by atoms with Crippen LogP contribution in [-0.2, 0) is 24.5 Å². The highest BCUT2D eigenvalue weighted by atomic mass is 35.5. The van der Waals surface area contributed by atoms with Crippen LogP contribution in [0.25, 0.3) is 0 Å². The van der Waals surface area contributed by atoms with E-state index in [2.05, 4.69) is 5.32 Å². The molecule has 2 aliphatic heterocycles. The van der Waals surface area contributed by atoms with Crippen molar-refractivity contribution in [3.05, 3.63) is 80.8 Å². The number of hydrogen-bond acceptors (Lipinski definition) is 6. The topological polar surface area (TPSA) is 102 Å². The largest absolute Gasteiger partial charge is 0.466 e. The number of Topliss-reactive ketones (excluding diaryl/α,β-unsaturated/α-hetero) is 1. The van der Waals surface area contributed by atoms with E-state index < -0.39 is 22.7 Å². The van der Waals surface area contributed by atoms with Gasteiger partial charge in [0.1, 0.15) is 16.8 Å². The molecule has 2 aromatic rings. The number of ether oxygens (including phenoxy) is 1. The zero-order chi connectivity index (χ0) is 26.2. The molecule has 1 amide bonds. The van der Waals surface area contributed by atoms with Gasteiger partial charge in [0, 0.05) is 28.9 Å². The van der Waals surface area contributed by atoms with Crippen molar-refractivity contribution in [2.45, 2.75) is 46.0 Å². The summed E-state index contributed by atoms with van der Waals surface area (Å²) >= 11 is 6.69. The Kier molecular flexibility index (Phi) is 5.34. The standard InChI is InChI=1S/C28H28ClN3O4/c1-14-6-8-18-16(10-14)28(26(35)31-18)22-20(12-27(3,4)13-21(22)33)32(24(30)23(28)25(34)36-5)19-9-7-15(2)11-17(19)29/h6-11H,12-13,30H2,1-5H3,(H,31,35). The predicted molar refractivity (Wildman–Crippen MR) is 138 cm³/mol. The lowest BCUT2D eigenvalue weighted by atomic mass is 9.60. The molecule has 186 valence electrons. The fraction of sp³-hybridized carbons (Fsp3) is 0.321. The van der Waals surface area contributed by atoms with Crippen LogP contribution in [0, 0.1) is 19.3 Å². The first kappa shape index (κ1) is 24.1. The van der Waals surface area contributed by atoms with Gasteiger partial charge in [0.25, 0.3) is 0 Å². The second-order valence-corrected chi connectivity index (χ2v) is 11.0. The van der Waals surface area contributed by atoms with Crippen molar-refractivity contribution >= 4 is 40.6 Å². The molecule has 1 atom stereocenters. The summed E-state index contributed by atoms with van der Waals surface area (Å²) in [5.74, 6) is -1.48. The van der Waals surface area contributed by atoms with Crippen LogP contribution in [0.15, 0.2) is 59.1 Å². The number of amides is 1. The molecule has 3 aliphatic rings. The number of carbonyl (C=O) groups is 3. The Balaban J connectivity index is 1.95. The van der Waals surface area contributed by atoms with Crippen LogP contribution in [0.3, 0.4) is 0 Å². The molecule has 0 fully saturated rings. The third-order valence-electron chi connectivity index (χ3n) is 7.27. The van der Waals surface area contributed by atoms with Gasteiger partial charge in [0.15, 0.2) is 5.78 Å². The number of hydrogen-bond donors (Lipinski definition) is 2. The van der Waals surface area contributed by atoms with Crippen molar-refractivity contribution < 1.29 is 19.1 Å². The number of fused-ring (bicyclic) bond motifs is 3. The number of ketones is 1. The summed E-state index contributed by atoms with van der Waals surface area (Å²) in [6, 6.07) is 11.0. The molecule has 0 bridgehead atoms. The highest BCUT2D eigenvalue weighted by Crippen LogP contribution is 2.58. The first-order valence-electron chi connectivity index (χ1n) is 11.8. The average molecular weight is 506 g/mol. The molecule has 1 aliphatic carbocycles. The molecule has 1 unspecified atom stereocenters. The van der Waals surface area contributed by atoms with Crippen LogP contribution >= 0.6 is 11.6 Å². The molecular formula is C28H28ClN3O4. The average Bonchev–Trinajstić information content (AvgIpc) is 3.05. The van der Waals surface area contributed by atoms with Crippen molar-refractivity contribution in [2.24, 2.45) is 11.1 Å². The van der Waals surface area contributed by atoms with E-state index in [0.717, 1.165) is 11.1 Å². The molecule has 5 rings (SSSR count). The SMILES string of the molecule is COC(=O)C1=C(N)N(c2ccc(C)cc2Cl)C2=C(C(=O)CC(C)(C)C2)C12C(=O)Nc1ccc(C)cc12. The van der Waals surface area contributed by atoms with Crippen molar-refractivity contribution in [3.8, 4) is 0 Å². The minimum absolute atomic E-state index is 0.0151. The number of carbonyl (C=O) groups excluding carboxylic acids is 3. The predicted octanol–water partition coefficient (Wildman–Crippen LogP) is 4.65. The van der Waals surface area contributed by atoms with E-state index in [0.29, 0.717) is 34.1 Å². The first-order chi connectivity index (χ1) is 16.9. The molecule has 2 heterocycles. The number of benzene rings is 2. The van der Waals surface area contributed by atoms with E-state index in [1.54, 1.807) is 23.1 Å². The molecule has 36 heavy (non-hydrogen) atoms. The number of nitrogens with zero attached hydrogens (tertiary/aromatic N) is 1. The zero-order valence-corrected chi connectivity index (χ0v) is 21.7. The van der Waals surface area contributed by atoms with E-state index in [4.69, 9.17) is 22.1 Å². The quantitative estimate of drug-likeness (QED) is 0.576. The van der Waals surface area contributed by atoms with E-state index in [-0.39, 0.29) is 29.2 Å². The lowest BCUT2D eigenvalue weighted by Crippen LogP contribution is -2.54. The molecule has 8 heteroatoms. The highest BCUT2D eigenvalue weighted by molar-refractivity contribution is 6.33. The number of nitrogens with one attached hydrogen (secondary N) is 1. The molecule has 1 spiro atoms. The van der Waals surface area contributed by atoms with E-state index in [1.807, 2.05) is 45.9 Å². The Labute approximate surface area is 214 Å². The van der Waals surface area contributed by atoms with E-state index >= 15 is 0 Å². The fourth-order valence-corrected chi connectivity index (χ4v) is 6.14. The van der Waals surface area contributed by atoms with Crippen LogP contribution < -0.4 is 16.0 Å². The Morgan fingerprint density at radius 3 is 2.42 bits per heavy atom. The smallest absolute Gasteiger partial charge is 0.339 e. The molecular weight excluding hydrogens is 478 g/mol. The molecule has 2 aromatic carbocycles. The van der Waals surface area contributed by atoms with Gasteiger partial charge in [0.2, 0.25) is 5.91 Å². The third-order valence-corrected chi connectivity index (χ3v) is 7.57. The van der Waals surface area contributed by atoms with Crippen molar-refractivity contribution in [3.63, 3.8) is 0 Å². The number of anilines is 2. The summed E-state index contributed by atoms with van der Waals surface area (Å²) < 4.78 is 5.18. The van der Waals surface area contributed by atoms with Gasteiger partial charge in [-0.25, -0.2) is 4.79 Å². The first-order valence-corrected chi connectivity index (χ1v) is 12.1. The summed E-state index contributed by atoms with van der Waals surface area (Å²) in [6.45, 7) is 7.81. The molecule has 0 radical (unpaired) electrons. The number of aryl methyl sites for hydroxylation is 2. The van der Waals surface area contributed by atoms with Gasteiger partial charge in [-0.05, 0) is 49.4 Å². The summed E-state index contributed by atoms with van der Waals surface area (Å²) in [5, 5.41) is 3.31. The molecule has 0 aromatic heterocycles. The van der Waals surface area contributed by atoms with Crippen molar-refractivity contribution in [2.75, 3.05) is 17.3 Å².